The van der Waals surface area contributed by atoms with Gasteiger partial charge in [0.2, 0.25) is 0 Å². The van der Waals surface area contributed by atoms with Crippen molar-refractivity contribution in [3.05, 3.63) is 15.0 Å². The highest BCUT2D eigenvalue weighted by Gasteiger charge is 2.26. The molecule has 1 heterocycles. The molecular weight excluding hydrogens is 339 g/mol. The van der Waals surface area contributed by atoms with Gasteiger partial charge >= 0.3 is 0 Å². The lowest BCUT2D eigenvalue weighted by Crippen LogP contribution is -2.25. The van der Waals surface area contributed by atoms with Crippen molar-refractivity contribution in [2.75, 3.05) is 7.11 Å². The lowest BCUT2D eigenvalue weighted by Gasteiger charge is -2.29. The van der Waals surface area contributed by atoms with Gasteiger partial charge < -0.3 is 4.74 Å². The number of hydrogen-bond donors (Lipinski definition) is 0. The maximum absolute atomic E-state index is 5.54. The molecule has 0 spiro atoms. The molecule has 0 aliphatic heterocycles. The summed E-state index contributed by atoms with van der Waals surface area (Å²) in [5, 5.41) is 4.85. The molecule has 2 unspecified atom stereocenters. The van der Waals surface area contributed by atoms with Gasteiger partial charge in [0.15, 0.2) is 0 Å². The summed E-state index contributed by atoms with van der Waals surface area (Å²) in [5.41, 5.74) is 2.67. The van der Waals surface area contributed by atoms with Crippen LogP contribution in [0.15, 0.2) is 0 Å². The van der Waals surface area contributed by atoms with Crippen molar-refractivity contribution >= 4 is 22.6 Å². The molecule has 3 nitrogen and oxygen atoms in total. The summed E-state index contributed by atoms with van der Waals surface area (Å²) in [5.74, 6) is 0. The van der Waals surface area contributed by atoms with E-state index in [1.54, 1.807) is 0 Å². The fourth-order valence-corrected chi connectivity index (χ4v) is 4.02. The smallest absolute Gasteiger partial charge is 0.0758 e. The molecule has 2 atom stereocenters. The van der Waals surface area contributed by atoms with Crippen LogP contribution in [0.1, 0.15) is 57.0 Å². The van der Waals surface area contributed by atoms with Crippen LogP contribution in [0.4, 0.5) is 0 Å². The lowest BCUT2D eigenvalue weighted by molar-refractivity contribution is 0.0502. The SMILES string of the molecule is CCc1nn(C2CCCC(OC)C2)c(CC)c1I. The molecule has 0 radical (unpaired) electrons. The first-order valence-corrected chi connectivity index (χ1v) is 8.07. The van der Waals surface area contributed by atoms with Gasteiger partial charge in [0.05, 0.1) is 27.1 Å². The zero-order valence-electron chi connectivity index (χ0n) is 11.6. The topological polar surface area (TPSA) is 27.1 Å². The molecule has 2 rings (SSSR count). The number of aromatic nitrogens is 2. The third-order valence-corrected chi connectivity index (χ3v) is 5.20. The molecule has 0 saturated heterocycles. The van der Waals surface area contributed by atoms with Crippen LogP contribution in [-0.2, 0) is 17.6 Å². The highest BCUT2D eigenvalue weighted by atomic mass is 127. The highest BCUT2D eigenvalue weighted by molar-refractivity contribution is 14.1. The minimum Gasteiger partial charge on any atom is -0.381 e. The van der Waals surface area contributed by atoms with E-state index in [1.165, 1.54) is 34.2 Å². The minimum atomic E-state index is 0.417. The van der Waals surface area contributed by atoms with Gasteiger partial charge in [0, 0.05) is 7.11 Å². The second-order valence-corrected chi connectivity index (χ2v) is 6.12. The summed E-state index contributed by atoms with van der Waals surface area (Å²) in [4.78, 5) is 0. The van der Waals surface area contributed by atoms with Gasteiger partial charge in [0.25, 0.3) is 0 Å². The summed E-state index contributed by atoms with van der Waals surface area (Å²) in [7, 11) is 1.83. The van der Waals surface area contributed by atoms with Gasteiger partial charge in [-0.15, -0.1) is 0 Å². The third-order valence-electron chi connectivity index (χ3n) is 3.96. The van der Waals surface area contributed by atoms with Crippen LogP contribution in [0.25, 0.3) is 0 Å². The Kier molecular flexibility index (Phi) is 5.06. The molecule has 4 heteroatoms. The summed E-state index contributed by atoms with van der Waals surface area (Å²) in [6, 6.07) is 0.535. The Morgan fingerprint density at radius 2 is 2.11 bits per heavy atom. The molecule has 1 aliphatic carbocycles. The van der Waals surface area contributed by atoms with Crippen LogP contribution in [-0.4, -0.2) is 23.0 Å². The first kappa shape index (κ1) is 14.3. The van der Waals surface area contributed by atoms with Crippen molar-refractivity contribution < 1.29 is 4.74 Å². The predicted octanol–water partition coefficient (Wildman–Crippen LogP) is 3.74. The zero-order chi connectivity index (χ0) is 13.1. The summed E-state index contributed by atoms with van der Waals surface area (Å²) >= 11 is 2.46. The van der Waals surface area contributed by atoms with Crippen LogP contribution in [0, 0.1) is 3.57 Å². The fourth-order valence-electron chi connectivity index (χ4n) is 2.90. The first-order valence-electron chi connectivity index (χ1n) is 6.99. The Labute approximate surface area is 123 Å². The Morgan fingerprint density at radius 3 is 2.72 bits per heavy atom. The Hall–Kier alpha value is -0.100. The van der Waals surface area contributed by atoms with E-state index < -0.39 is 0 Å². The van der Waals surface area contributed by atoms with Gasteiger partial charge in [-0.3, -0.25) is 4.68 Å². The predicted molar refractivity (Wildman–Crippen MR) is 82.0 cm³/mol. The van der Waals surface area contributed by atoms with Crippen LogP contribution in [0.3, 0.4) is 0 Å². The van der Waals surface area contributed by atoms with E-state index in [-0.39, 0.29) is 0 Å². The molecule has 0 N–H and O–H groups in total. The van der Waals surface area contributed by atoms with Crippen LogP contribution in [0.5, 0.6) is 0 Å². The molecule has 0 aromatic carbocycles. The number of aryl methyl sites for hydroxylation is 1. The average Bonchev–Trinajstić information content (AvgIpc) is 2.75. The number of ether oxygens (including phenoxy) is 1. The zero-order valence-corrected chi connectivity index (χ0v) is 13.7. The van der Waals surface area contributed by atoms with Gasteiger partial charge in [-0.1, -0.05) is 13.8 Å². The number of methoxy groups -OCH3 is 1. The molecular formula is C14H23IN2O. The molecule has 1 aromatic heterocycles. The molecule has 0 amide bonds. The van der Waals surface area contributed by atoms with E-state index in [9.17, 15) is 0 Å². The number of rotatable bonds is 4. The first-order chi connectivity index (χ1) is 8.71. The highest BCUT2D eigenvalue weighted by Crippen LogP contribution is 2.32. The molecule has 1 fully saturated rings. The van der Waals surface area contributed by atoms with Crippen molar-refractivity contribution in [1.29, 1.82) is 0 Å². The van der Waals surface area contributed by atoms with Gasteiger partial charge in [0.1, 0.15) is 0 Å². The quantitative estimate of drug-likeness (QED) is 0.763. The largest absolute Gasteiger partial charge is 0.381 e. The van der Waals surface area contributed by atoms with Gasteiger partial charge in [-0.2, -0.15) is 5.10 Å². The van der Waals surface area contributed by atoms with E-state index in [2.05, 4.69) is 41.1 Å². The molecule has 1 saturated carbocycles. The van der Waals surface area contributed by atoms with Crippen LogP contribution >= 0.6 is 22.6 Å². The molecule has 102 valence electrons. The van der Waals surface area contributed by atoms with Crippen molar-refractivity contribution in [1.82, 2.24) is 9.78 Å². The van der Waals surface area contributed by atoms with E-state index in [1.807, 2.05) is 7.11 Å². The van der Waals surface area contributed by atoms with E-state index in [0.29, 0.717) is 12.1 Å². The van der Waals surface area contributed by atoms with Gasteiger partial charge in [-0.05, 0) is 61.1 Å². The van der Waals surface area contributed by atoms with Crippen molar-refractivity contribution in [3.63, 3.8) is 0 Å². The number of hydrogen-bond acceptors (Lipinski definition) is 2. The van der Waals surface area contributed by atoms with Crippen LogP contribution < -0.4 is 0 Å². The number of halogens is 1. The fraction of sp³-hybridized carbons (Fsp3) is 0.786. The maximum atomic E-state index is 5.54. The Balaban J connectivity index is 2.26. The monoisotopic (exact) mass is 362 g/mol. The summed E-state index contributed by atoms with van der Waals surface area (Å²) in [6.45, 7) is 4.42. The molecule has 18 heavy (non-hydrogen) atoms. The second kappa shape index (κ2) is 6.37. The Bertz CT molecular complexity index is 403. The normalized spacial score (nSPS) is 24.4. The maximum Gasteiger partial charge on any atom is 0.0758 e. The minimum absolute atomic E-state index is 0.417. The van der Waals surface area contributed by atoms with Crippen LogP contribution in [0.2, 0.25) is 0 Å². The Morgan fingerprint density at radius 1 is 1.33 bits per heavy atom. The standard InChI is InChI=1S/C14H23IN2O/c1-4-12-14(15)13(5-2)17(16-12)10-7-6-8-11(9-10)18-3/h10-11H,4-9H2,1-3H3. The molecule has 1 aromatic rings. The molecule has 0 bridgehead atoms. The van der Waals surface area contributed by atoms with E-state index >= 15 is 0 Å². The second-order valence-electron chi connectivity index (χ2n) is 5.04. The van der Waals surface area contributed by atoms with Crippen molar-refractivity contribution in [2.45, 2.75) is 64.5 Å². The summed E-state index contributed by atoms with van der Waals surface area (Å²) < 4.78 is 9.21. The van der Waals surface area contributed by atoms with Gasteiger partial charge in [-0.25, -0.2) is 0 Å². The van der Waals surface area contributed by atoms with Crippen molar-refractivity contribution in [3.8, 4) is 0 Å². The lowest BCUT2D eigenvalue weighted by atomic mass is 9.93. The molecule has 1 aliphatic rings. The van der Waals surface area contributed by atoms with E-state index in [4.69, 9.17) is 9.84 Å². The van der Waals surface area contributed by atoms with E-state index in [0.717, 1.165) is 19.3 Å². The third kappa shape index (κ3) is 2.74. The average molecular weight is 362 g/mol. The number of nitrogens with zero attached hydrogens (tertiary/aromatic N) is 2. The summed E-state index contributed by atoms with van der Waals surface area (Å²) in [6.07, 6.45) is 7.33. The van der Waals surface area contributed by atoms with Crippen molar-refractivity contribution in [2.24, 2.45) is 0 Å².